The lowest BCUT2D eigenvalue weighted by Crippen LogP contribution is -2.41. The van der Waals surface area contributed by atoms with E-state index in [0.717, 1.165) is 12.0 Å². The maximum atomic E-state index is 12.6. The zero-order chi connectivity index (χ0) is 21.5. The number of nitrogens with zero attached hydrogens (tertiary/aromatic N) is 4. The van der Waals surface area contributed by atoms with Crippen molar-refractivity contribution < 1.29 is 9.59 Å². The maximum Gasteiger partial charge on any atom is 0.248 e. The van der Waals surface area contributed by atoms with Crippen LogP contribution < -0.4 is 5.32 Å². The zero-order valence-corrected chi connectivity index (χ0v) is 17.5. The minimum atomic E-state index is -0.126. The maximum absolute atomic E-state index is 12.6. The summed E-state index contributed by atoms with van der Waals surface area (Å²) < 4.78 is 1.71. The van der Waals surface area contributed by atoms with E-state index in [9.17, 15) is 9.59 Å². The van der Waals surface area contributed by atoms with Gasteiger partial charge in [-0.2, -0.15) is 0 Å². The van der Waals surface area contributed by atoms with Gasteiger partial charge in [-0.1, -0.05) is 60.7 Å². The number of carbonyl (C=O) groups is 2. The fourth-order valence-corrected chi connectivity index (χ4v) is 3.86. The van der Waals surface area contributed by atoms with Crippen LogP contribution in [0.25, 0.3) is 0 Å². The number of aromatic nitrogens is 3. The molecule has 7 heteroatoms. The Morgan fingerprint density at radius 1 is 0.935 bits per heavy atom. The first-order valence-electron chi connectivity index (χ1n) is 10.7. The molecule has 1 saturated heterocycles. The molecule has 4 rings (SSSR count). The molecular formula is C24H27N5O2. The van der Waals surface area contributed by atoms with Gasteiger partial charge in [0.15, 0.2) is 0 Å². The van der Waals surface area contributed by atoms with Crippen molar-refractivity contribution in [1.82, 2.24) is 19.7 Å². The Bertz CT molecular complexity index is 995. The number of benzene rings is 2. The summed E-state index contributed by atoms with van der Waals surface area (Å²) in [7, 11) is 0. The van der Waals surface area contributed by atoms with E-state index in [2.05, 4.69) is 15.4 Å². The third-order valence-corrected chi connectivity index (χ3v) is 5.65. The summed E-state index contributed by atoms with van der Waals surface area (Å²) >= 11 is 0. The van der Waals surface area contributed by atoms with Gasteiger partial charge < -0.3 is 4.90 Å². The van der Waals surface area contributed by atoms with E-state index in [0.29, 0.717) is 44.8 Å². The van der Waals surface area contributed by atoms with Gasteiger partial charge in [0.25, 0.3) is 0 Å². The topological polar surface area (TPSA) is 80.1 Å². The molecule has 0 unspecified atom stereocenters. The molecular weight excluding hydrogens is 390 g/mol. The molecule has 31 heavy (non-hydrogen) atoms. The van der Waals surface area contributed by atoms with Crippen LogP contribution in [0.3, 0.4) is 0 Å². The number of carbonyl (C=O) groups excluding carboxylic acids is 2. The van der Waals surface area contributed by atoms with Crippen molar-refractivity contribution in [2.45, 2.75) is 32.2 Å². The molecule has 2 amide bonds. The standard InChI is InChI=1S/C24H27N5O2/c30-22(12-11-19-7-3-1-4-8-19)28-15-13-21(14-16-28)23(31)26-24-25-18-29(27-24)17-20-9-5-2-6-10-20/h1-10,18,21H,11-17H2,(H,26,27,31). The first kappa shape index (κ1) is 20.8. The summed E-state index contributed by atoms with van der Waals surface area (Å²) in [6.07, 6.45) is 4.19. The molecule has 2 aromatic carbocycles. The van der Waals surface area contributed by atoms with Crippen LogP contribution in [0.5, 0.6) is 0 Å². The van der Waals surface area contributed by atoms with E-state index in [1.54, 1.807) is 11.0 Å². The molecule has 1 aliphatic heterocycles. The lowest BCUT2D eigenvalue weighted by atomic mass is 9.95. The smallest absolute Gasteiger partial charge is 0.248 e. The molecule has 2 heterocycles. The number of rotatable bonds is 7. The highest BCUT2D eigenvalue weighted by Gasteiger charge is 2.27. The van der Waals surface area contributed by atoms with Gasteiger partial charge in [-0.3, -0.25) is 14.9 Å². The third kappa shape index (κ3) is 5.78. The Morgan fingerprint density at radius 2 is 1.58 bits per heavy atom. The third-order valence-electron chi connectivity index (χ3n) is 5.65. The van der Waals surface area contributed by atoms with Crippen molar-refractivity contribution in [3.05, 3.63) is 78.1 Å². The average Bonchev–Trinajstić information content (AvgIpc) is 3.25. The Hall–Kier alpha value is -3.48. The van der Waals surface area contributed by atoms with Gasteiger partial charge >= 0.3 is 0 Å². The van der Waals surface area contributed by atoms with Crippen LogP contribution in [0.4, 0.5) is 5.95 Å². The number of piperidine rings is 1. The molecule has 160 valence electrons. The van der Waals surface area contributed by atoms with Crippen LogP contribution >= 0.6 is 0 Å². The second kappa shape index (κ2) is 10.0. The molecule has 1 fully saturated rings. The fourth-order valence-electron chi connectivity index (χ4n) is 3.86. The highest BCUT2D eigenvalue weighted by Crippen LogP contribution is 2.20. The highest BCUT2D eigenvalue weighted by molar-refractivity contribution is 5.91. The summed E-state index contributed by atoms with van der Waals surface area (Å²) in [5.74, 6) is 0.277. The average molecular weight is 418 g/mol. The van der Waals surface area contributed by atoms with Crippen molar-refractivity contribution >= 4 is 17.8 Å². The second-order valence-electron chi connectivity index (χ2n) is 7.88. The fraction of sp³-hybridized carbons (Fsp3) is 0.333. The Kier molecular flexibility index (Phi) is 6.72. The van der Waals surface area contributed by atoms with E-state index in [4.69, 9.17) is 0 Å². The molecule has 3 aromatic rings. The lowest BCUT2D eigenvalue weighted by molar-refractivity contribution is -0.134. The molecule has 0 aliphatic carbocycles. The normalized spacial score (nSPS) is 14.4. The van der Waals surface area contributed by atoms with Gasteiger partial charge in [0.05, 0.1) is 6.54 Å². The van der Waals surface area contributed by atoms with Crippen LogP contribution in [0.1, 0.15) is 30.4 Å². The number of likely N-dealkylation sites (tertiary alicyclic amines) is 1. The quantitative estimate of drug-likeness (QED) is 0.640. The minimum absolute atomic E-state index is 0.0751. The predicted molar refractivity (Wildman–Crippen MR) is 118 cm³/mol. The monoisotopic (exact) mass is 417 g/mol. The van der Waals surface area contributed by atoms with Crippen molar-refractivity contribution in [2.75, 3.05) is 18.4 Å². The first-order chi connectivity index (χ1) is 15.2. The van der Waals surface area contributed by atoms with Crippen LogP contribution in [-0.4, -0.2) is 44.6 Å². The number of aryl methyl sites for hydroxylation is 1. The summed E-state index contributed by atoms with van der Waals surface area (Å²) in [6.45, 7) is 1.83. The summed E-state index contributed by atoms with van der Waals surface area (Å²) in [6, 6.07) is 20.0. The number of hydrogen-bond donors (Lipinski definition) is 1. The number of amides is 2. The SMILES string of the molecule is O=C(Nc1ncn(Cc2ccccc2)n1)C1CCN(C(=O)CCc2ccccc2)CC1. The van der Waals surface area contributed by atoms with Gasteiger partial charge in [0.2, 0.25) is 17.8 Å². The van der Waals surface area contributed by atoms with Crippen LogP contribution in [0.2, 0.25) is 0 Å². The van der Waals surface area contributed by atoms with Gasteiger partial charge in [0, 0.05) is 25.4 Å². The summed E-state index contributed by atoms with van der Waals surface area (Å²) in [5.41, 5.74) is 2.29. The molecule has 1 aromatic heterocycles. The van der Waals surface area contributed by atoms with Crippen LogP contribution in [-0.2, 0) is 22.6 Å². The predicted octanol–water partition coefficient (Wildman–Crippen LogP) is 3.14. The lowest BCUT2D eigenvalue weighted by Gasteiger charge is -2.31. The summed E-state index contributed by atoms with van der Waals surface area (Å²) in [5, 5.41) is 7.17. The molecule has 0 spiro atoms. The molecule has 0 atom stereocenters. The molecule has 1 N–H and O–H groups in total. The summed E-state index contributed by atoms with van der Waals surface area (Å²) in [4.78, 5) is 31.2. The van der Waals surface area contributed by atoms with Gasteiger partial charge in [0.1, 0.15) is 6.33 Å². The van der Waals surface area contributed by atoms with E-state index in [-0.39, 0.29) is 17.7 Å². The van der Waals surface area contributed by atoms with Gasteiger partial charge in [-0.15, -0.1) is 5.10 Å². The van der Waals surface area contributed by atoms with E-state index in [1.807, 2.05) is 65.6 Å². The zero-order valence-electron chi connectivity index (χ0n) is 17.5. The Balaban J connectivity index is 1.22. The highest BCUT2D eigenvalue weighted by atomic mass is 16.2. The minimum Gasteiger partial charge on any atom is -0.343 e. The van der Waals surface area contributed by atoms with E-state index >= 15 is 0 Å². The van der Waals surface area contributed by atoms with Crippen molar-refractivity contribution in [2.24, 2.45) is 5.92 Å². The van der Waals surface area contributed by atoms with E-state index in [1.165, 1.54) is 5.56 Å². The Labute approximate surface area is 182 Å². The number of nitrogens with one attached hydrogen (secondary N) is 1. The molecule has 1 aliphatic rings. The van der Waals surface area contributed by atoms with Crippen molar-refractivity contribution in [3.8, 4) is 0 Å². The molecule has 7 nitrogen and oxygen atoms in total. The van der Waals surface area contributed by atoms with Crippen molar-refractivity contribution in [3.63, 3.8) is 0 Å². The number of hydrogen-bond acceptors (Lipinski definition) is 4. The van der Waals surface area contributed by atoms with Crippen LogP contribution in [0, 0.1) is 5.92 Å². The largest absolute Gasteiger partial charge is 0.343 e. The Morgan fingerprint density at radius 3 is 2.26 bits per heavy atom. The van der Waals surface area contributed by atoms with Gasteiger partial charge in [-0.25, -0.2) is 9.67 Å². The molecule has 0 saturated carbocycles. The number of anilines is 1. The van der Waals surface area contributed by atoms with Gasteiger partial charge in [-0.05, 0) is 30.4 Å². The molecule has 0 bridgehead atoms. The second-order valence-corrected chi connectivity index (χ2v) is 7.88. The van der Waals surface area contributed by atoms with Crippen molar-refractivity contribution in [1.29, 1.82) is 0 Å². The van der Waals surface area contributed by atoms with E-state index < -0.39 is 0 Å². The molecule has 0 radical (unpaired) electrons. The first-order valence-corrected chi connectivity index (χ1v) is 10.7. The van der Waals surface area contributed by atoms with Crippen LogP contribution in [0.15, 0.2) is 67.0 Å².